The molecule has 0 saturated heterocycles. The number of aromatic amines is 1. The molecule has 0 aliphatic heterocycles. The van der Waals surface area contributed by atoms with Crippen LogP contribution in [0.1, 0.15) is 38.9 Å². The van der Waals surface area contributed by atoms with E-state index >= 15 is 0 Å². The number of ether oxygens (including phenoxy) is 2. The maximum Gasteiger partial charge on any atom is 0.340 e. The van der Waals surface area contributed by atoms with Crippen molar-refractivity contribution in [2.24, 2.45) is 0 Å². The maximum absolute atomic E-state index is 12.9. The zero-order chi connectivity index (χ0) is 42.0. The van der Waals surface area contributed by atoms with Crippen LogP contribution in [-0.4, -0.2) is 28.4 Å². The van der Waals surface area contributed by atoms with Crippen LogP contribution in [-0.2, 0) is 49.0 Å². The van der Waals surface area contributed by atoms with Crippen LogP contribution in [0.5, 0.6) is 17.4 Å². The molecule has 12 nitrogen and oxygen atoms in total. The lowest BCUT2D eigenvalue weighted by atomic mass is 9.89. The molecule has 15 heteroatoms. The van der Waals surface area contributed by atoms with Gasteiger partial charge in [-0.05, 0) is 128 Å². The van der Waals surface area contributed by atoms with Crippen molar-refractivity contribution in [1.82, 2.24) is 19.9 Å². The summed E-state index contributed by atoms with van der Waals surface area (Å²) in [5.74, 6) is 1.55. The maximum atomic E-state index is 12.9. The number of aryl methyl sites for hydroxylation is 3. The van der Waals surface area contributed by atoms with Gasteiger partial charge < -0.3 is 25.1 Å². The van der Waals surface area contributed by atoms with Gasteiger partial charge in [0.1, 0.15) is 29.6 Å². The highest BCUT2D eigenvalue weighted by Crippen LogP contribution is 2.39. The summed E-state index contributed by atoms with van der Waals surface area (Å²) in [5, 5.41) is 1.38. The van der Waals surface area contributed by atoms with Gasteiger partial charge in [-0.2, -0.15) is 13.4 Å². The first-order valence-corrected chi connectivity index (χ1v) is 21.1. The van der Waals surface area contributed by atoms with Crippen molar-refractivity contribution in [2.75, 3.05) is 11.5 Å². The van der Waals surface area contributed by atoms with E-state index in [2.05, 4.69) is 19.9 Å². The molecule has 5 aromatic carbocycles. The minimum Gasteiger partial charge on any atom is -0.489 e. The molecule has 2 aliphatic rings. The molecule has 5 N–H and O–H groups in total. The Morgan fingerprint density at radius 1 is 0.650 bits per heavy atom. The smallest absolute Gasteiger partial charge is 0.340 e. The van der Waals surface area contributed by atoms with Gasteiger partial charge in [0, 0.05) is 32.3 Å². The first-order valence-electron chi connectivity index (χ1n) is 19.0. The molecule has 0 saturated carbocycles. The lowest BCUT2D eigenvalue weighted by Crippen LogP contribution is -2.21. The van der Waals surface area contributed by atoms with E-state index in [9.17, 15) is 13.2 Å². The van der Waals surface area contributed by atoms with Gasteiger partial charge in [0.2, 0.25) is 17.8 Å². The fourth-order valence-electron chi connectivity index (χ4n) is 7.03. The highest BCUT2D eigenvalue weighted by molar-refractivity contribution is 7.87. The number of anilines is 2. The SMILES string of the molecule is Cc1ccc(S(=O)(=O)Oc2nc(N)nc3c2CCc2cc(OCc4ccc(Cl)cc4)ccc2-3)cc1.Nc1nc2c(c(=O)[nH]1)CCc1cc(OCc3ccc(Cl)cc3)ccc1-2. The number of benzene rings is 5. The Bertz CT molecular complexity index is 2890. The topological polar surface area (TPSA) is 185 Å². The monoisotopic (exact) mass is 860 g/mol. The summed E-state index contributed by atoms with van der Waals surface area (Å²) >= 11 is 11.8. The number of halogens is 2. The summed E-state index contributed by atoms with van der Waals surface area (Å²) in [6.07, 6.45) is 2.57. The average Bonchev–Trinajstić information content (AvgIpc) is 3.23. The van der Waals surface area contributed by atoms with Gasteiger partial charge in [-0.3, -0.25) is 9.78 Å². The average molecular weight is 862 g/mol. The first-order chi connectivity index (χ1) is 28.9. The number of aromatic nitrogens is 4. The Morgan fingerprint density at radius 3 is 1.72 bits per heavy atom. The summed E-state index contributed by atoms with van der Waals surface area (Å²) < 4.78 is 43.0. The number of rotatable bonds is 9. The zero-order valence-electron chi connectivity index (χ0n) is 32.2. The Labute approximate surface area is 356 Å². The number of nitrogens with two attached hydrogens (primary N) is 2. The molecule has 0 spiro atoms. The van der Waals surface area contributed by atoms with E-state index in [0.29, 0.717) is 65.0 Å². The Hall–Kier alpha value is -6.41. The van der Waals surface area contributed by atoms with Crippen LogP contribution in [0.4, 0.5) is 11.9 Å². The van der Waals surface area contributed by atoms with Gasteiger partial charge in [-0.25, -0.2) is 9.97 Å². The highest BCUT2D eigenvalue weighted by Gasteiger charge is 2.27. The van der Waals surface area contributed by atoms with E-state index < -0.39 is 10.1 Å². The van der Waals surface area contributed by atoms with Crippen molar-refractivity contribution < 1.29 is 22.1 Å². The fourth-order valence-corrected chi connectivity index (χ4v) is 8.20. The van der Waals surface area contributed by atoms with Gasteiger partial charge in [-0.1, -0.05) is 65.2 Å². The number of H-pyrrole nitrogens is 1. The largest absolute Gasteiger partial charge is 0.489 e. The van der Waals surface area contributed by atoms with Crippen LogP contribution in [0.3, 0.4) is 0 Å². The Balaban J connectivity index is 0.000000176. The third kappa shape index (κ3) is 9.08. The quantitative estimate of drug-likeness (QED) is 0.118. The highest BCUT2D eigenvalue weighted by atomic mass is 35.5. The van der Waals surface area contributed by atoms with E-state index in [1.165, 1.54) is 12.1 Å². The normalized spacial score (nSPS) is 12.4. The van der Waals surface area contributed by atoms with E-state index in [1.54, 1.807) is 12.1 Å². The number of fused-ring (bicyclic) bond motifs is 6. The predicted octanol–water partition coefficient (Wildman–Crippen LogP) is 8.48. The first kappa shape index (κ1) is 40.4. The van der Waals surface area contributed by atoms with Crippen molar-refractivity contribution in [1.29, 1.82) is 0 Å². The molecule has 7 aromatic rings. The molecule has 0 fully saturated rings. The fraction of sp³-hybridized carbons (Fsp3) is 0.156. The molecule has 0 bridgehead atoms. The molecule has 304 valence electrons. The van der Waals surface area contributed by atoms with Crippen LogP contribution in [0.2, 0.25) is 10.0 Å². The van der Waals surface area contributed by atoms with Crippen molar-refractivity contribution in [3.8, 4) is 39.9 Å². The van der Waals surface area contributed by atoms with E-state index in [1.807, 2.05) is 91.9 Å². The summed E-state index contributed by atoms with van der Waals surface area (Å²) in [7, 11) is -4.07. The minimum absolute atomic E-state index is 0.0400. The van der Waals surface area contributed by atoms with Gasteiger partial charge in [-0.15, -0.1) is 0 Å². The van der Waals surface area contributed by atoms with Crippen LogP contribution < -0.4 is 30.7 Å². The summed E-state index contributed by atoms with van der Waals surface area (Å²) in [4.78, 5) is 27.5. The third-order valence-electron chi connectivity index (χ3n) is 10.1. The van der Waals surface area contributed by atoms with Crippen molar-refractivity contribution >= 4 is 45.2 Å². The minimum atomic E-state index is -4.07. The van der Waals surface area contributed by atoms with Gasteiger partial charge >= 0.3 is 10.1 Å². The lowest BCUT2D eigenvalue weighted by Gasteiger charge is -2.21. The van der Waals surface area contributed by atoms with Gasteiger partial charge in [0.25, 0.3) is 5.56 Å². The zero-order valence-corrected chi connectivity index (χ0v) is 34.6. The molecule has 2 aromatic heterocycles. The molecule has 2 aliphatic carbocycles. The lowest BCUT2D eigenvalue weighted by molar-refractivity contribution is 0.306. The number of nitrogen functional groups attached to an aromatic ring is 2. The Morgan fingerprint density at radius 2 is 1.17 bits per heavy atom. The van der Waals surface area contributed by atoms with Crippen molar-refractivity contribution in [3.63, 3.8) is 0 Å². The second-order valence-electron chi connectivity index (χ2n) is 14.3. The summed E-state index contributed by atoms with van der Waals surface area (Å²) in [6.45, 7) is 2.76. The molecule has 0 atom stereocenters. The second kappa shape index (κ2) is 17.1. The predicted molar refractivity (Wildman–Crippen MR) is 232 cm³/mol. The molecule has 2 heterocycles. The van der Waals surface area contributed by atoms with Crippen LogP contribution in [0.25, 0.3) is 22.5 Å². The van der Waals surface area contributed by atoms with Crippen LogP contribution >= 0.6 is 23.2 Å². The van der Waals surface area contributed by atoms with E-state index in [0.717, 1.165) is 56.9 Å². The summed E-state index contributed by atoms with van der Waals surface area (Å²) in [6, 6.07) is 33.0. The van der Waals surface area contributed by atoms with Crippen LogP contribution in [0, 0.1) is 6.92 Å². The Kier molecular flexibility index (Phi) is 11.5. The molecular formula is C45H38Cl2N6O6S. The molecule has 0 unspecified atom stereocenters. The molecule has 0 radical (unpaired) electrons. The number of hydrogen-bond donors (Lipinski definition) is 3. The molecular weight excluding hydrogens is 824 g/mol. The standard InChI is InChI=1S/C26H22ClN3O4S.C19H16ClN3O2/c1-16-2-10-21(11-3-16)35(31,32)34-25-23-12-6-18-14-20(33-15-17-4-7-19(27)8-5-17)9-13-22(18)24(23)29-26(28)30-25;20-13-4-1-11(2-5-13)10-25-14-6-8-15-12(9-14)3-7-16-17(15)22-19(21)23-18(16)24/h2-5,7-11,13-14H,6,12,15H2,1H3,(H2,28,29,30);1-2,4-6,8-9H,3,7,10H2,(H3,21,22,23,24). The number of nitrogens with zero attached hydrogens (tertiary/aromatic N) is 3. The molecule has 0 amide bonds. The third-order valence-corrected chi connectivity index (χ3v) is 11.8. The van der Waals surface area contributed by atoms with Crippen LogP contribution in [0.15, 0.2) is 119 Å². The second-order valence-corrected chi connectivity index (χ2v) is 16.7. The van der Waals surface area contributed by atoms with Crippen molar-refractivity contribution in [2.45, 2.75) is 50.7 Å². The number of nitrogens with one attached hydrogen (secondary N) is 1. The van der Waals surface area contributed by atoms with E-state index in [4.69, 9.17) is 48.3 Å². The number of hydrogen-bond acceptors (Lipinski definition) is 11. The summed E-state index contributed by atoms with van der Waals surface area (Å²) in [5.41, 5.74) is 20.9. The van der Waals surface area contributed by atoms with Crippen molar-refractivity contribution in [3.05, 3.63) is 169 Å². The van der Waals surface area contributed by atoms with E-state index in [-0.39, 0.29) is 28.2 Å². The van der Waals surface area contributed by atoms with Gasteiger partial charge in [0.05, 0.1) is 11.4 Å². The van der Waals surface area contributed by atoms with Gasteiger partial charge in [0.15, 0.2) is 0 Å². The molecule has 60 heavy (non-hydrogen) atoms. The molecule has 9 rings (SSSR count).